The third-order valence-electron chi connectivity index (χ3n) is 2.64. The van der Waals surface area contributed by atoms with E-state index < -0.39 is 0 Å². The van der Waals surface area contributed by atoms with Gasteiger partial charge in [-0.25, -0.2) is 0 Å². The van der Waals surface area contributed by atoms with Crippen LogP contribution in [0.25, 0.3) is 0 Å². The molecule has 0 bridgehead atoms. The molecular weight excluding hydrogens is 308 g/mol. The van der Waals surface area contributed by atoms with Crippen molar-refractivity contribution in [1.29, 1.82) is 0 Å². The van der Waals surface area contributed by atoms with Crippen molar-refractivity contribution in [3.05, 3.63) is 26.8 Å². The molecule has 0 amide bonds. The van der Waals surface area contributed by atoms with Gasteiger partial charge in [-0.3, -0.25) is 0 Å². The standard InChI is InChI=1S/C11H13ClIN/c1-7(8-2-3-8)14-11-5-4-9(12)6-10(11)13/h4-8,14H,2-3H2,1H3. The molecule has 1 aliphatic carbocycles. The lowest BCUT2D eigenvalue weighted by atomic mass is 10.2. The van der Waals surface area contributed by atoms with Crippen molar-refractivity contribution in [3.8, 4) is 0 Å². The first-order valence-corrected chi connectivity index (χ1v) is 6.34. The fourth-order valence-electron chi connectivity index (χ4n) is 1.57. The SMILES string of the molecule is CC(Nc1ccc(Cl)cc1I)C1CC1. The summed E-state index contributed by atoms with van der Waals surface area (Å²) in [5.74, 6) is 0.876. The molecule has 1 aromatic carbocycles. The Morgan fingerprint density at radius 1 is 1.50 bits per heavy atom. The largest absolute Gasteiger partial charge is 0.381 e. The Balaban J connectivity index is 2.07. The van der Waals surface area contributed by atoms with Gasteiger partial charge in [0.1, 0.15) is 0 Å². The lowest BCUT2D eigenvalue weighted by molar-refractivity contribution is 0.694. The number of rotatable bonds is 3. The number of anilines is 1. The van der Waals surface area contributed by atoms with Crippen molar-refractivity contribution in [1.82, 2.24) is 0 Å². The van der Waals surface area contributed by atoms with Gasteiger partial charge in [-0.15, -0.1) is 0 Å². The van der Waals surface area contributed by atoms with Crippen molar-refractivity contribution in [2.45, 2.75) is 25.8 Å². The van der Waals surface area contributed by atoms with E-state index in [1.807, 2.05) is 12.1 Å². The molecule has 1 N–H and O–H groups in total. The van der Waals surface area contributed by atoms with Gasteiger partial charge in [-0.05, 0) is 66.5 Å². The Labute approximate surface area is 103 Å². The molecule has 1 unspecified atom stereocenters. The van der Waals surface area contributed by atoms with E-state index in [-0.39, 0.29) is 0 Å². The summed E-state index contributed by atoms with van der Waals surface area (Å²) in [4.78, 5) is 0. The van der Waals surface area contributed by atoms with E-state index in [4.69, 9.17) is 11.6 Å². The summed E-state index contributed by atoms with van der Waals surface area (Å²) in [6, 6.07) is 6.57. The first kappa shape index (κ1) is 10.6. The quantitative estimate of drug-likeness (QED) is 0.825. The lowest BCUT2D eigenvalue weighted by Gasteiger charge is -2.15. The van der Waals surface area contributed by atoms with Crippen LogP contribution in [0.5, 0.6) is 0 Å². The van der Waals surface area contributed by atoms with Crippen LogP contribution in [0.15, 0.2) is 18.2 Å². The molecule has 0 saturated heterocycles. The third-order valence-corrected chi connectivity index (χ3v) is 3.77. The first-order valence-electron chi connectivity index (χ1n) is 4.88. The highest BCUT2D eigenvalue weighted by molar-refractivity contribution is 14.1. The van der Waals surface area contributed by atoms with Crippen LogP contribution in [-0.2, 0) is 0 Å². The molecule has 1 saturated carbocycles. The summed E-state index contributed by atoms with van der Waals surface area (Å²) in [6.45, 7) is 2.25. The number of halogens is 2. The predicted molar refractivity (Wildman–Crippen MR) is 70.0 cm³/mol. The summed E-state index contributed by atoms with van der Waals surface area (Å²) < 4.78 is 1.20. The summed E-state index contributed by atoms with van der Waals surface area (Å²) in [6.07, 6.45) is 2.75. The van der Waals surface area contributed by atoms with E-state index in [9.17, 15) is 0 Å². The number of hydrogen-bond acceptors (Lipinski definition) is 1. The lowest BCUT2D eigenvalue weighted by Crippen LogP contribution is -2.17. The minimum absolute atomic E-state index is 0.588. The maximum atomic E-state index is 5.90. The van der Waals surface area contributed by atoms with Gasteiger partial charge in [0.25, 0.3) is 0 Å². The van der Waals surface area contributed by atoms with E-state index >= 15 is 0 Å². The molecule has 1 aromatic rings. The third kappa shape index (κ3) is 2.54. The Hall–Kier alpha value is 0.0400. The minimum Gasteiger partial charge on any atom is -0.381 e. The van der Waals surface area contributed by atoms with Crippen molar-refractivity contribution in [3.63, 3.8) is 0 Å². The maximum Gasteiger partial charge on any atom is 0.0479 e. The highest BCUT2D eigenvalue weighted by atomic mass is 127. The second kappa shape index (κ2) is 4.27. The molecule has 1 nitrogen and oxygen atoms in total. The summed E-state index contributed by atoms with van der Waals surface area (Å²) in [5.41, 5.74) is 1.20. The molecule has 0 aromatic heterocycles. The molecule has 0 spiro atoms. The molecule has 76 valence electrons. The second-order valence-electron chi connectivity index (χ2n) is 3.89. The summed E-state index contributed by atoms with van der Waals surface area (Å²) in [5, 5.41) is 4.34. The van der Waals surface area contributed by atoms with Crippen LogP contribution in [0.3, 0.4) is 0 Å². The van der Waals surface area contributed by atoms with Crippen LogP contribution >= 0.6 is 34.2 Å². The van der Waals surface area contributed by atoms with Gasteiger partial charge >= 0.3 is 0 Å². The van der Waals surface area contributed by atoms with E-state index in [0.29, 0.717) is 6.04 Å². The molecule has 0 aliphatic heterocycles. The van der Waals surface area contributed by atoms with Crippen LogP contribution in [0.4, 0.5) is 5.69 Å². The highest BCUT2D eigenvalue weighted by Crippen LogP contribution is 2.34. The van der Waals surface area contributed by atoms with Crippen molar-refractivity contribution in [2.24, 2.45) is 5.92 Å². The van der Waals surface area contributed by atoms with Crippen LogP contribution < -0.4 is 5.32 Å². The maximum absolute atomic E-state index is 5.90. The van der Waals surface area contributed by atoms with Gasteiger partial charge < -0.3 is 5.32 Å². The number of nitrogens with one attached hydrogen (secondary N) is 1. The Morgan fingerprint density at radius 2 is 2.21 bits per heavy atom. The summed E-state index contributed by atoms with van der Waals surface area (Å²) in [7, 11) is 0. The Kier molecular flexibility index (Phi) is 3.22. The minimum atomic E-state index is 0.588. The van der Waals surface area contributed by atoms with E-state index in [1.165, 1.54) is 22.1 Å². The first-order chi connectivity index (χ1) is 6.66. The van der Waals surface area contributed by atoms with Crippen LogP contribution in [0.1, 0.15) is 19.8 Å². The molecule has 1 atom stereocenters. The fraction of sp³-hybridized carbons (Fsp3) is 0.455. The Morgan fingerprint density at radius 3 is 2.79 bits per heavy atom. The summed E-state index contributed by atoms with van der Waals surface area (Å²) >= 11 is 8.21. The fourth-order valence-corrected chi connectivity index (χ4v) is 2.59. The van der Waals surface area contributed by atoms with Gasteiger partial charge in [0, 0.05) is 20.3 Å². The molecule has 2 rings (SSSR count). The molecule has 3 heteroatoms. The number of hydrogen-bond donors (Lipinski definition) is 1. The monoisotopic (exact) mass is 321 g/mol. The van der Waals surface area contributed by atoms with Crippen LogP contribution in [0, 0.1) is 9.49 Å². The zero-order valence-corrected chi connectivity index (χ0v) is 11.0. The average molecular weight is 322 g/mol. The van der Waals surface area contributed by atoms with Gasteiger partial charge in [0.05, 0.1) is 0 Å². The smallest absolute Gasteiger partial charge is 0.0479 e. The van der Waals surface area contributed by atoms with Gasteiger partial charge in [0.15, 0.2) is 0 Å². The van der Waals surface area contributed by atoms with E-state index in [0.717, 1.165) is 10.9 Å². The van der Waals surface area contributed by atoms with Crippen LogP contribution in [0.2, 0.25) is 5.02 Å². The molecule has 14 heavy (non-hydrogen) atoms. The molecular formula is C11H13ClIN. The van der Waals surface area contributed by atoms with Gasteiger partial charge in [-0.2, -0.15) is 0 Å². The molecule has 1 fully saturated rings. The zero-order chi connectivity index (χ0) is 10.1. The average Bonchev–Trinajstić information content (AvgIpc) is 2.92. The molecule has 0 radical (unpaired) electrons. The van der Waals surface area contributed by atoms with Crippen molar-refractivity contribution >= 4 is 39.9 Å². The van der Waals surface area contributed by atoms with Gasteiger partial charge in [-0.1, -0.05) is 11.6 Å². The predicted octanol–water partition coefficient (Wildman–Crippen LogP) is 4.16. The second-order valence-corrected chi connectivity index (χ2v) is 5.49. The topological polar surface area (TPSA) is 12.0 Å². The Bertz CT molecular complexity index is 336. The van der Waals surface area contributed by atoms with E-state index in [2.05, 4.69) is 40.9 Å². The van der Waals surface area contributed by atoms with E-state index in [1.54, 1.807) is 0 Å². The molecule has 1 aliphatic rings. The zero-order valence-electron chi connectivity index (χ0n) is 8.06. The highest BCUT2D eigenvalue weighted by Gasteiger charge is 2.27. The van der Waals surface area contributed by atoms with Gasteiger partial charge in [0.2, 0.25) is 0 Å². The number of benzene rings is 1. The van der Waals surface area contributed by atoms with Crippen molar-refractivity contribution < 1.29 is 0 Å². The molecule has 0 heterocycles. The van der Waals surface area contributed by atoms with Crippen LogP contribution in [-0.4, -0.2) is 6.04 Å². The normalized spacial score (nSPS) is 17.9. The van der Waals surface area contributed by atoms with Crippen molar-refractivity contribution in [2.75, 3.05) is 5.32 Å².